The Morgan fingerprint density at radius 2 is 2.05 bits per heavy atom. The number of carbonyl (C=O) groups is 1. The highest BCUT2D eigenvalue weighted by atomic mass is 16.6. The second kappa shape index (κ2) is 4.92. The highest BCUT2D eigenvalue weighted by molar-refractivity contribution is 5.91. The van der Waals surface area contributed by atoms with E-state index in [2.05, 4.69) is 6.58 Å². The standard InChI is InChI=1S/C16H19NO2/c1-5-8-13-11-12-9-6-7-10-14(12)17(13)15(18)19-16(2,3)4/h5-7,9-11H,1,8H2,2-4H3. The minimum atomic E-state index is -0.506. The van der Waals surface area contributed by atoms with Gasteiger partial charge in [-0.05, 0) is 32.9 Å². The molecule has 1 aromatic heterocycles. The molecule has 0 aliphatic carbocycles. The number of allylic oxidation sites excluding steroid dienone is 1. The molecule has 0 bridgehead atoms. The molecule has 100 valence electrons. The number of fused-ring (bicyclic) bond motifs is 1. The Kier molecular flexibility index (Phi) is 3.47. The Morgan fingerprint density at radius 3 is 2.68 bits per heavy atom. The van der Waals surface area contributed by atoms with Crippen LogP contribution in [0.2, 0.25) is 0 Å². The van der Waals surface area contributed by atoms with Crippen LogP contribution in [-0.4, -0.2) is 16.3 Å². The Morgan fingerprint density at radius 1 is 1.37 bits per heavy atom. The Labute approximate surface area is 113 Å². The maximum absolute atomic E-state index is 12.3. The van der Waals surface area contributed by atoms with Crippen molar-refractivity contribution in [3.8, 4) is 0 Å². The van der Waals surface area contributed by atoms with Crippen LogP contribution in [0.3, 0.4) is 0 Å². The van der Waals surface area contributed by atoms with Crippen LogP contribution in [-0.2, 0) is 11.2 Å². The van der Waals surface area contributed by atoms with Crippen LogP contribution in [0.25, 0.3) is 10.9 Å². The molecule has 0 fully saturated rings. The van der Waals surface area contributed by atoms with Gasteiger partial charge in [0, 0.05) is 17.5 Å². The van der Waals surface area contributed by atoms with Gasteiger partial charge in [0.15, 0.2) is 0 Å². The van der Waals surface area contributed by atoms with Crippen molar-refractivity contribution >= 4 is 17.0 Å². The van der Waals surface area contributed by atoms with Crippen molar-refractivity contribution in [3.63, 3.8) is 0 Å². The van der Waals surface area contributed by atoms with E-state index in [9.17, 15) is 4.79 Å². The van der Waals surface area contributed by atoms with Gasteiger partial charge < -0.3 is 4.74 Å². The first kappa shape index (κ1) is 13.4. The number of para-hydroxylation sites is 1. The quantitative estimate of drug-likeness (QED) is 0.757. The van der Waals surface area contributed by atoms with E-state index in [0.29, 0.717) is 6.42 Å². The first-order chi connectivity index (χ1) is 8.92. The average molecular weight is 257 g/mol. The summed E-state index contributed by atoms with van der Waals surface area (Å²) in [5.41, 5.74) is 1.26. The molecule has 0 aliphatic rings. The van der Waals surface area contributed by atoms with Crippen LogP contribution in [0.5, 0.6) is 0 Å². The summed E-state index contributed by atoms with van der Waals surface area (Å²) in [5.74, 6) is 0. The van der Waals surface area contributed by atoms with Gasteiger partial charge in [0.2, 0.25) is 0 Å². The number of rotatable bonds is 2. The zero-order valence-electron chi connectivity index (χ0n) is 11.6. The zero-order valence-corrected chi connectivity index (χ0v) is 11.6. The summed E-state index contributed by atoms with van der Waals surface area (Å²) in [6.45, 7) is 9.33. The van der Waals surface area contributed by atoms with E-state index < -0.39 is 5.60 Å². The maximum atomic E-state index is 12.3. The lowest BCUT2D eigenvalue weighted by atomic mass is 10.2. The minimum absolute atomic E-state index is 0.342. The Hall–Kier alpha value is -2.03. The molecule has 1 heterocycles. The normalized spacial score (nSPS) is 11.5. The highest BCUT2D eigenvalue weighted by Crippen LogP contribution is 2.22. The molecule has 0 spiro atoms. The largest absolute Gasteiger partial charge is 0.443 e. The number of hydrogen-bond donors (Lipinski definition) is 0. The topological polar surface area (TPSA) is 31.2 Å². The molecule has 0 atom stereocenters. The lowest BCUT2D eigenvalue weighted by molar-refractivity contribution is 0.0541. The number of carbonyl (C=O) groups excluding carboxylic acids is 1. The number of hydrogen-bond acceptors (Lipinski definition) is 2. The molecule has 19 heavy (non-hydrogen) atoms. The average Bonchev–Trinajstić information content (AvgIpc) is 2.65. The molecule has 0 unspecified atom stereocenters. The molecule has 0 amide bonds. The summed E-state index contributed by atoms with van der Waals surface area (Å²) >= 11 is 0. The summed E-state index contributed by atoms with van der Waals surface area (Å²) in [4.78, 5) is 12.3. The second-order valence-electron chi connectivity index (χ2n) is 5.50. The number of ether oxygens (including phenoxy) is 1. The van der Waals surface area contributed by atoms with Gasteiger partial charge in [-0.2, -0.15) is 0 Å². The molecule has 0 N–H and O–H groups in total. The Balaban J connectivity index is 2.52. The third kappa shape index (κ3) is 2.87. The number of benzene rings is 1. The van der Waals surface area contributed by atoms with Crippen molar-refractivity contribution in [2.24, 2.45) is 0 Å². The van der Waals surface area contributed by atoms with Crippen molar-refractivity contribution in [1.82, 2.24) is 4.57 Å². The van der Waals surface area contributed by atoms with Crippen molar-refractivity contribution in [3.05, 3.63) is 48.7 Å². The van der Waals surface area contributed by atoms with Crippen LogP contribution < -0.4 is 0 Å². The van der Waals surface area contributed by atoms with Crippen molar-refractivity contribution < 1.29 is 9.53 Å². The van der Waals surface area contributed by atoms with Crippen LogP contribution in [0, 0.1) is 0 Å². The van der Waals surface area contributed by atoms with Gasteiger partial charge in [-0.25, -0.2) is 9.36 Å². The fourth-order valence-corrected chi connectivity index (χ4v) is 2.03. The third-order valence-corrected chi connectivity index (χ3v) is 2.72. The molecule has 0 saturated carbocycles. The lowest BCUT2D eigenvalue weighted by Gasteiger charge is -2.20. The smallest absolute Gasteiger partial charge is 0.419 e. The molecule has 1 aromatic carbocycles. The molecule has 0 saturated heterocycles. The van der Waals surface area contributed by atoms with Crippen LogP contribution >= 0.6 is 0 Å². The SMILES string of the molecule is C=CCc1cc2ccccc2n1C(=O)OC(C)(C)C. The number of nitrogens with zero attached hydrogens (tertiary/aromatic N) is 1. The van der Waals surface area contributed by atoms with Gasteiger partial charge in [0.05, 0.1) is 5.52 Å². The monoisotopic (exact) mass is 257 g/mol. The molecule has 3 heteroatoms. The van der Waals surface area contributed by atoms with Gasteiger partial charge >= 0.3 is 6.09 Å². The summed E-state index contributed by atoms with van der Waals surface area (Å²) in [7, 11) is 0. The van der Waals surface area contributed by atoms with E-state index in [0.717, 1.165) is 16.6 Å². The van der Waals surface area contributed by atoms with Gasteiger partial charge in [0.25, 0.3) is 0 Å². The van der Waals surface area contributed by atoms with E-state index in [4.69, 9.17) is 4.74 Å². The van der Waals surface area contributed by atoms with Crippen molar-refractivity contribution in [2.75, 3.05) is 0 Å². The van der Waals surface area contributed by atoms with Gasteiger partial charge in [0.1, 0.15) is 5.60 Å². The molecule has 2 aromatic rings. The van der Waals surface area contributed by atoms with E-state index in [-0.39, 0.29) is 6.09 Å². The Bertz CT molecular complexity index is 617. The highest BCUT2D eigenvalue weighted by Gasteiger charge is 2.21. The first-order valence-electron chi connectivity index (χ1n) is 6.36. The third-order valence-electron chi connectivity index (χ3n) is 2.72. The second-order valence-corrected chi connectivity index (χ2v) is 5.50. The predicted molar refractivity (Wildman–Crippen MR) is 77.5 cm³/mol. The predicted octanol–water partition coefficient (Wildman–Crippen LogP) is 4.15. The maximum Gasteiger partial charge on any atom is 0.419 e. The van der Waals surface area contributed by atoms with Crippen LogP contribution in [0.4, 0.5) is 4.79 Å². The van der Waals surface area contributed by atoms with E-state index >= 15 is 0 Å². The molecular weight excluding hydrogens is 238 g/mol. The van der Waals surface area contributed by atoms with Crippen molar-refractivity contribution in [2.45, 2.75) is 32.8 Å². The van der Waals surface area contributed by atoms with E-state index in [1.54, 1.807) is 10.6 Å². The fraction of sp³-hybridized carbons (Fsp3) is 0.312. The zero-order chi connectivity index (χ0) is 14.0. The lowest BCUT2D eigenvalue weighted by Crippen LogP contribution is -2.27. The van der Waals surface area contributed by atoms with Gasteiger partial charge in [-0.3, -0.25) is 0 Å². The number of aromatic nitrogens is 1. The van der Waals surface area contributed by atoms with Gasteiger partial charge in [-0.1, -0.05) is 24.3 Å². The first-order valence-corrected chi connectivity index (χ1v) is 6.36. The molecule has 0 radical (unpaired) electrons. The summed E-state index contributed by atoms with van der Waals surface area (Å²) < 4.78 is 7.09. The minimum Gasteiger partial charge on any atom is -0.443 e. The van der Waals surface area contributed by atoms with Gasteiger partial charge in [-0.15, -0.1) is 6.58 Å². The molecular formula is C16H19NO2. The van der Waals surface area contributed by atoms with Crippen molar-refractivity contribution in [1.29, 1.82) is 0 Å². The molecule has 2 rings (SSSR count). The van der Waals surface area contributed by atoms with E-state index in [1.165, 1.54) is 0 Å². The van der Waals surface area contributed by atoms with E-state index in [1.807, 2.05) is 51.1 Å². The summed E-state index contributed by atoms with van der Waals surface area (Å²) in [5, 5.41) is 1.03. The molecule has 0 aliphatic heterocycles. The summed E-state index contributed by atoms with van der Waals surface area (Å²) in [6.07, 6.45) is 2.08. The molecule has 3 nitrogen and oxygen atoms in total. The van der Waals surface area contributed by atoms with Crippen LogP contribution in [0.15, 0.2) is 43.0 Å². The van der Waals surface area contributed by atoms with Crippen LogP contribution in [0.1, 0.15) is 26.5 Å². The summed E-state index contributed by atoms with van der Waals surface area (Å²) in [6, 6.07) is 9.79. The fourth-order valence-electron chi connectivity index (χ4n) is 2.03.